The molecule has 2 aliphatic rings. The maximum Gasteiger partial charge on any atom is 0.453 e. The number of nitrogens with zero attached hydrogens (tertiary/aromatic N) is 4. The molecule has 3 rings (SSSR count). The molecule has 0 amide bonds. The Bertz CT molecular complexity index is 538. The third kappa shape index (κ3) is 1.53. The number of allylic oxidation sites excluding steroid dienone is 2. The standard InChI is InChI=1S/C10H9F3N4/c1-6-2-3-16-5-17-8(7(16)4-6)14-9(15-17)10(11,12)13/h2,4H,3,5H2,1H3. The molecule has 0 aliphatic carbocycles. The molecule has 0 bridgehead atoms. The Morgan fingerprint density at radius 2 is 2.12 bits per heavy atom. The van der Waals surface area contributed by atoms with E-state index in [4.69, 9.17) is 0 Å². The van der Waals surface area contributed by atoms with Gasteiger partial charge < -0.3 is 4.90 Å². The van der Waals surface area contributed by atoms with E-state index >= 15 is 0 Å². The monoisotopic (exact) mass is 242 g/mol. The molecule has 0 unspecified atom stereocenters. The summed E-state index contributed by atoms with van der Waals surface area (Å²) < 4.78 is 38.7. The van der Waals surface area contributed by atoms with Gasteiger partial charge in [0.25, 0.3) is 5.82 Å². The lowest BCUT2D eigenvalue weighted by atomic mass is 10.1. The van der Waals surface area contributed by atoms with Gasteiger partial charge in [-0.3, -0.25) is 0 Å². The van der Waals surface area contributed by atoms with Crippen LogP contribution in [0, 0.1) is 0 Å². The van der Waals surface area contributed by atoms with Crippen molar-refractivity contribution in [3.63, 3.8) is 0 Å². The van der Waals surface area contributed by atoms with Gasteiger partial charge in [-0.2, -0.15) is 13.2 Å². The lowest BCUT2D eigenvalue weighted by molar-refractivity contribution is -0.145. The molecule has 17 heavy (non-hydrogen) atoms. The van der Waals surface area contributed by atoms with E-state index in [9.17, 15) is 13.2 Å². The van der Waals surface area contributed by atoms with E-state index in [2.05, 4.69) is 10.1 Å². The van der Waals surface area contributed by atoms with Crippen LogP contribution in [0.5, 0.6) is 0 Å². The molecule has 0 radical (unpaired) electrons. The highest BCUT2D eigenvalue weighted by molar-refractivity contribution is 5.65. The molecule has 0 aromatic carbocycles. The molecular weight excluding hydrogens is 233 g/mol. The summed E-state index contributed by atoms with van der Waals surface area (Å²) in [6, 6.07) is 0. The third-order valence-electron chi connectivity index (χ3n) is 2.80. The van der Waals surface area contributed by atoms with Crippen LogP contribution in [0.3, 0.4) is 0 Å². The van der Waals surface area contributed by atoms with Crippen molar-refractivity contribution in [1.29, 1.82) is 0 Å². The zero-order chi connectivity index (χ0) is 12.2. The summed E-state index contributed by atoms with van der Waals surface area (Å²) in [5.74, 6) is -0.773. The fraction of sp³-hybridized carbons (Fsp3) is 0.400. The SMILES string of the molecule is CC1=CCN2Cn3nc(C(F)(F)F)nc3C2=C1. The summed E-state index contributed by atoms with van der Waals surface area (Å²) >= 11 is 0. The molecule has 2 aliphatic heterocycles. The van der Waals surface area contributed by atoms with Crippen molar-refractivity contribution in [3.8, 4) is 0 Å². The van der Waals surface area contributed by atoms with Gasteiger partial charge in [-0.1, -0.05) is 11.6 Å². The van der Waals surface area contributed by atoms with E-state index in [0.29, 0.717) is 24.7 Å². The van der Waals surface area contributed by atoms with Gasteiger partial charge in [0.2, 0.25) is 0 Å². The minimum atomic E-state index is -4.48. The maximum absolute atomic E-state index is 12.5. The first-order valence-electron chi connectivity index (χ1n) is 5.11. The van der Waals surface area contributed by atoms with E-state index in [1.165, 1.54) is 4.68 Å². The normalized spacial score (nSPS) is 18.7. The number of alkyl halides is 3. The second-order valence-electron chi connectivity index (χ2n) is 4.10. The van der Waals surface area contributed by atoms with E-state index in [1.807, 2.05) is 24.0 Å². The summed E-state index contributed by atoms with van der Waals surface area (Å²) in [5, 5.41) is 3.49. The van der Waals surface area contributed by atoms with Crippen molar-refractivity contribution in [2.24, 2.45) is 0 Å². The van der Waals surface area contributed by atoms with Crippen LogP contribution in [0.4, 0.5) is 13.2 Å². The van der Waals surface area contributed by atoms with Crippen LogP contribution < -0.4 is 0 Å². The first kappa shape index (κ1) is 10.4. The van der Waals surface area contributed by atoms with Crippen molar-refractivity contribution in [1.82, 2.24) is 19.7 Å². The number of fused-ring (bicyclic) bond motifs is 3. The Kier molecular flexibility index (Phi) is 1.90. The van der Waals surface area contributed by atoms with Gasteiger partial charge in [0, 0.05) is 6.54 Å². The summed E-state index contributed by atoms with van der Waals surface area (Å²) in [6.07, 6.45) is -0.639. The van der Waals surface area contributed by atoms with E-state index in [1.54, 1.807) is 0 Å². The zero-order valence-corrected chi connectivity index (χ0v) is 8.99. The Hall–Kier alpha value is -1.79. The topological polar surface area (TPSA) is 34.0 Å². The van der Waals surface area contributed by atoms with Crippen LogP contribution in [-0.4, -0.2) is 26.2 Å². The lowest BCUT2D eigenvalue weighted by Gasteiger charge is -2.20. The van der Waals surface area contributed by atoms with Crippen LogP contribution in [0.1, 0.15) is 18.6 Å². The summed E-state index contributed by atoms with van der Waals surface area (Å²) in [4.78, 5) is 5.50. The van der Waals surface area contributed by atoms with Gasteiger partial charge in [0.15, 0.2) is 5.82 Å². The Morgan fingerprint density at radius 1 is 1.35 bits per heavy atom. The van der Waals surface area contributed by atoms with Gasteiger partial charge in [0.1, 0.15) is 6.67 Å². The number of hydrogen-bond donors (Lipinski definition) is 0. The van der Waals surface area contributed by atoms with E-state index in [-0.39, 0.29) is 0 Å². The molecular formula is C10H9F3N4. The van der Waals surface area contributed by atoms with Crippen molar-refractivity contribution in [2.45, 2.75) is 19.8 Å². The Labute approximate surface area is 95.0 Å². The first-order valence-corrected chi connectivity index (χ1v) is 5.11. The highest BCUT2D eigenvalue weighted by atomic mass is 19.4. The number of aromatic nitrogens is 3. The third-order valence-corrected chi connectivity index (χ3v) is 2.80. The molecule has 7 heteroatoms. The summed E-state index contributed by atoms with van der Waals surface area (Å²) in [6.45, 7) is 2.92. The highest BCUT2D eigenvalue weighted by Gasteiger charge is 2.39. The molecule has 3 heterocycles. The van der Waals surface area contributed by atoms with E-state index in [0.717, 1.165) is 5.57 Å². The van der Waals surface area contributed by atoms with Gasteiger partial charge in [-0.15, -0.1) is 5.10 Å². The Balaban J connectivity index is 2.06. The molecule has 90 valence electrons. The van der Waals surface area contributed by atoms with E-state index < -0.39 is 12.0 Å². The fourth-order valence-electron chi connectivity index (χ4n) is 1.97. The molecule has 1 aromatic rings. The maximum atomic E-state index is 12.5. The molecule has 0 N–H and O–H groups in total. The average molecular weight is 242 g/mol. The second kappa shape index (κ2) is 3.12. The van der Waals surface area contributed by atoms with Crippen molar-refractivity contribution >= 4 is 5.70 Å². The largest absolute Gasteiger partial charge is 0.453 e. The predicted octanol–water partition coefficient (Wildman–Crippen LogP) is 1.87. The molecule has 4 nitrogen and oxygen atoms in total. The minimum absolute atomic E-state index is 0.296. The zero-order valence-electron chi connectivity index (χ0n) is 8.99. The number of hydrogen-bond acceptors (Lipinski definition) is 3. The lowest BCUT2D eigenvalue weighted by Crippen LogP contribution is -2.21. The number of rotatable bonds is 0. The van der Waals surface area contributed by atoms with Crippen LogP contribution in [-0.2, 0) is 12.8 Å². The average Bonchev–Trinajstić information content (AvgIpc) is 2.74. The smallest absolute Gasteiger partial charge is 0.345 e. The van der Waals surface area contributed by atoms with Gasteiger partial charge >= 0.3 is 6.18 Å². The molecule has 1 aromatic heterocycles. The predicted molar refractivity (Wildman–Crippen MR) is 53.5 cm³/mol. The fourth-order valence-corrected chi connectivity index (χ4v) is 1.97. The van der Waals surface area contributed by atoms with Crippen molar-refractivity contribution in [3.05, 3.63) is 29.4 Å². The molecule has 0 saturated heterocycles. The molecule has 0 fully saturated rings. The van der Waals surface area contributed by atoms with Crippen molar-refractivity contribution in [2.75, 3.05) is 6.54 Å². The molecule has 0 spiro atoms. The van der Waals surface area contributed by atoms with Gasteiger partial charge in [-0.05, 0) is 13.0 Å². The van der Waals surface area contributed by atoms with Gasteiger partial charge in [0.05, 0.1) is 5.70 Å². The highest BCUT2D eigenvalue weighted by Crippen LogP contribution is 2.33. The minimum Gasteiger partial charge on any atom is -0.345 e. The summed E-state index contributed by atoms with van der Waals surface area (Å²) in [5.41, 5.74) is 1.74. The van der Waals surface area contributed by atoms with Crippen LogP contribution >= 0.6 is 0 Å². The molecule has 0 saturated carbocycles. The van der Waals surface area contributed by atoms with Crippen LogP contribution in [0.2, 0.25) is 0 Å². The van der Waals surface area contributed by atoms with Gasteiger partial charge in [-0.25, -0.2) is 9.67 Å². The Morgan fingerprint density at radius 3 is 2.82 bits per heavy atom. The van der Waals surface area contributed by atoms with Crippen molar-refractivity contribution < 1.29 is 13.2 Å². The quantitative estimate of drug-likeness (QED) is 0.696. The number of halogens is 3. The first-order chi connectivity index (χ1) is 7.95. The second-order valence-corrected chi connectivity index (χ2v) is 4.10. The summed E-state index contributed by atoms with van der Waals surface area (Å²) in [7, 11) is 0. The van der Waals surface area contributed by atoms with Crippen LogP contribution in [0.25, 0.3) is 5.70 Å². The molecule has 0 atom stereocenters. The van der Waals surface area contributed by atoms with Crippen LogP contribution in [0.15, 0.2) is 17.7 Å².